The van der Waals surface area contributed by atoms with E-state index in [0.717, 1.165) is 10.8 Å². The van der Waals surface area contributed by atoms with Crippen LogP contribution in [0.25, 0.3) is 10.1 Å². The van der Waals surface area contributed by atoms with Gasteiger partial charge in [0.1, 0.15) is 0 Å². The molecule has 0 aliphatic carbocycles. The molecule has 1 aliphatic rings. The third kappa shape index (κ3) is 5.21. The molecule has 0 radical (unpaired) electrons. The van der Waals surface area contributed by atoms with Crippen LogP contribution in [0.3, 0.4) is 0 Å². The number of urea groups is 1. The molecule has 2 amide bonds. The summed E-state index contributed by atoms with van der Waals surface area (Å²) >= 11 is 1.35. The summed E-state index contributed by atoms with van der Waals surface area (Å²) in [5.41, 5.74) is 0.0696. The lowest BCUT2D eigenvalue weighted by Gasteiger charge is -2.38. The molecule has 0 unspecified atom stereocenters. The van der Waals surface area contributed by atoms with Crippen molar-refractivity contribution in [2.45, 2.75) is 52.8 Å². The topological polar surface area (TPSA) is 78.4 Å². The Balaban J connectivity index is 1.60. The number of carbonyl (C=O) groups is 2. The van der Waals surface area contributed by atoms with E-state index in [4.69, 9.17) is 0 Å². The second kappa shape index (κ2) is 10.2. The molecule has 2 aromatic heterocycles. The number of ketones is 1. The summed E-state index contributed by atoms with van der Waals surface area (Å²) in [6.45, 7) is 8.01. The fourth-order valence-electron chi connectivity index (χ4n) is 4.99. The van der Waals surface area contributed by atoms with Crippen molar-refractivity contribution < 1.29 is 22.8 Å². The number of aromatic nitrogens is 2. The largest absolute Gasteiger partial charge is 0.416 e. The molecule has 1 atom stereocenters. The highest BCUT2D eigenvalue weighted by Gasteiger charge is 2.40. The van der Waals surface area contributed by atoms with Gasteiger partial charge in [0.2, 0.25) is 0 Å². The van der Waals surface area contributed by atoms with Crippen LogP contribution in [0.4, 0.5) is 23.8 Å². The number of hydrogen-bond acceptors (Lipinski definition) is 6. The zero-order valence-electron chi connectivity index (χ0n) is 22.4. The summed E-state index contributed by atoms with van der Waals surface area (Å²) in [4.78, 5) is 29.9. The third-order valence-corrected chi connectivity index (χ3v) is 8.65. The molecule has 0 saturated carbocycles. The van der Waals surface area contributed by atoms with Crippen LogP contribution in [0.5, 0.6) is 0 Å². The molecule has 3 aromatic rings. The number of carbonyl (C=O) groups excluding carboxylic acids is 2. The van der Waals surface area contributed by atoms with Crippen LogP contribution in [0.15, 0.2) is 24.3 Å². The molecule has 204 valence electrons. The summed E-state index contributed by atoms with van der Waals surface area (Å²) in [7, 11) is 3.42. The molecule has 1 saturated heterocycles. The predicted octanol–water partition coefficient (Wildman–Crippen LogP) is 6.47. The van der Waals surface area contributed by atoms with Gasteiger partial charge in [0.25, 0.3) is 0 Å². The van der Waals surface area contributed by atoms with Crippen molar-refractivity contribution >= 4 is 39.1 Å². The molecule has 4 rings (SSSR count). The summed E-state index contributed by atoms with van der Waals surface area (Å²) in [5.74, 6) is 0.435. The zero-order valence-corrected chi connectivity index (χ0v) is 23.2. The Labute approximate surface area is 224 Å². The summed E-state index contributed by atoms with van der Waals surface area (Å²) in [5, 5.41) is 12.5. The standard InChI is InChI=1S/C27H32F3N5O2S/c1-15-18(8-7-9-20(15)27(28,29)30)16(2)31-24-19-14-21(38-22(19)17(3)32-33-24)23(36)26(4)10-12-35(13-11-26)25(37)34(5)6/h7-9,14,16H,10-13H2,1-6H3,(H,31,33)/t16-/m1/s1. The Bertz CT molecular complexity index is 1380. The minimum atomic E-state index is -4.44. The van der Waals surface area contributed by atoms with Gasteiger partial charge in [0.05, 0.1) is 26.9 Å². The Kier molecular flexibility index (Phi) is 7.44. The minimum Gasteiger partial charge on any atom is -0.362 e. The van der Waals surface area contributed by atoms with Crippen LogP contribution < -0.4 is 5.32 Å². The highest BCUT2D eigenvalue weighted by Crippen LogP contribution is 2.41. The van der Waals surface area contributed by atoms with Crippen LogP contribution in [-0.2, 0) is 6.18 Å². The molecular formula is C27H32F3N5O2S. The van der Waals surface area contributed by atoms with Gasteiger partial charge in [-0.3, -0.25) is 4.79 Å². The smallest absolute Gasteiger partial charge is 0.362 e. The quantitative estimate of drug-likeness (QED) is 0.371. The number of piperidine rings is 1. The molecule has 1 aliphatic heterocycles. The van der Waals surface area contributed by atoms with Crippen molar-refractivity contribution in [3.63, 3.8) is 0 Å². The Morgan fingerprint density at radius 2 is 1.82 bits per heavy atom. The molecule has 11 heteroatoms. The molecule has 3 heterocycles. The first-order valence-electron chi connectivity index (χ1n) is 12.4. The number of amides is 2. The molecule has 0 spiro atoms. The number of hydrogen-bond donors (Lipinski definition) is 1. The number of aryl methyl sites for hydroxylation is 1. The molecular weight excluding hydrogens is 515 g/mol. The van der Waals surface area contributed by atoms with Crippen molar-refractivity contribution in [2.75, 3.05) is 32.5 Å². The van der Waals surface area contributed by atoms with Gasteiger partial charge >= 0.3 is 12.2 Å². The fourth-order valence-corrected chi connectivity index (χ4v) is 6.18. The van der Waals surface area contributed by atoms with Gasteiger partial charge in [-0.15, -0.1) is 16.4 Å². The highest BCUT2D eigenvalue weighted by atomic mass is 32.1. The van der Waals surface area contributed by atoms with E-state index in [1.165, 1.54) is 29.2 Å². The van der Waals surface area contributed by atoms with Crippen LogP contribution in [0.2, 0.25) is 0 Å². The van der Waals surface area contributed by atoms with E-state index in [1.807, 2.05) is 13.8 Å². The number of Topliss-reactive ketones (excluding diaryl/α,β-unsaturated/α-hetero) is 1. The van der Waals surface area contributed by atoms with E-state index >= 15 is 0 Å². The first-order chi connectivity index (χ1) is 17.7. The van der Waals surface area contributed by atoms with Crippen molar-refractivity contribution in [1.29, 1.82) is 0 Å². The van der Waals surface area contributed by atoms with Gasteiger partial charge < -0.3 is 15.1 Å². The summed E-state index contributed by atoms with van der Waals surface area (Å²) < 4.78 is 41.1. The number of thiophene rings is 1. The van der Waals surface area contributed by atoms with Gasteiger partial charge in [-0.1, -0.05) is 19.1 Å². The number of fused-ring (bicyclic) bond motifs is 1. The SMILES string of the molecule is Cc1c([C@@H](C)Nc2nnc(C)c3sc(C(=O)C4(C)CCN(C(=O)N(C)C)CC4)cc23)cccc1C(F)(F)F. The van der Waals surface area contributed by atoms with Gasteiger partial charge in [-0.2, -0.15) is 18.3 Å². The monoisotopic (exact) mass is 547 g/mol. The molecule has 38 heavy (non-hydrogen) atoms. The highest BCUT2D eigenvalue weighted by molar-refractivity contribution is 7.21. The van der Waals surface area contributed by atoms with Gasteiger partial charge in [-0.25, -0.2) is 4.79 Å². The van der Waals surface area contributed by atoms with E-state index in [9.17, 15) is 22.8 Å². The number of nitrogens with one attached hydrogen (secondary N) is 1. The first-order valence-corrected chi connectivity index (χ1v) is 13.3. The van der Waals surface area contributed by atoms with Crippen LogP contribution >= 0.6 is 11.3 Å². The van der Waals surface area contributed by atoms with Crippen LogP contribution in [0.1, 0.15) is 64.8 Å². The van der Waals surface area contributed by atoms with Gasteiger partial charge in [-0.05, 0) is 56.9 Å². The lowest BCUT2D eigenvalue weighted by atomic mass is 9.76. The number of nitrogens with zero attached hydrogens (tertiary/aromatic N) is 4. The number of anilines is 1. The average molecular weight is 548 g/mol. The third-order valence-electron chi connectivity index (χ3n) is 7.41. The van der Waals surface area contributed by atoms with Gasteiger partial charge in [0, 0.05) is 38.0 Å². The molecule has 0 bridgehead atoms. The Morgan fingerprint density at radius 1 is 1.16 bits per heavy atom. The average Bonchev–Trinajstić information content (AvgIpc) is 3.31. The maximum absolute atomic E-state index is 13.7. The van der Waals surface area contributed by atoms with Crippen LogP contribution in [-0.4, -0.2) is 59.0 Å². The van der Waals surface area contributed by atoms with Crippen LogP contribution in [0, 0.1) is 19.3 Å². The predicted molar refractivity (Wildman–Crippen MR) is 143 cm³/mol. The van der Waals surface area contributed by atoms with E-state index in [2.05, 4.69) is 15.5 Å². The number of rotatable bonds is 5. The van der Waals surface area contributed by atoms with E-state index in [1.54, 1.807) is 38.1 Å². The number of alkyl halides is 3. The lowest BCUT2D eigenvalue weighted by Crippen LogP contribution is -2.48. The number of halogens is 3. The van der Waals surface area contributed by atoms with E-state index < -0.39 is 23.2 Å². The van der Waals surface area contributed by atoms with Crippen molar-refractivity contribution in [3.05, 3.63) is 51.5 Å². The number of benzene rings is 1. The Hall–Kier alpha value is -3.21. The maximum Gasteiger partial charge on any atom is 0.416 e. The molecule has 1 fully saturated rings. The second-order valence-electron chi connectivity index (χ2n) is 10.4. The van der Waals surface area contributed by atoms with Crippen molar-refractivity contribution in [3.8, 4) is 0 Å². The molecule has 7 nitrogen and oxygen atoms in total. The summed E-state index contributed by atoms with van der Waals surface area (Å²) in [6, 6.07) is 5.41. The zero-order chi connectivity index (χ0) is 28.0. The molecule has 1 N–H and O–H groups in total. The van der Waals surface area contributed by atoms with Crippen molar-refractivity contribution in [2.24, 2.45) is 5.41 Å². The lowest BCUT2D eigenvalue weighted by molar-refractivity contribution is -0.138. The van der Waals surface area contributed by atoms with Crippen molar-refractivity contribution in [1.82, 2.24) is 20.0 Å². The summed E-state index contributed by atoms with van der Waals surface area (Å²) in [6.07, 6.45) is -3.32. The van der Waals surface area contributed by atoms with Gasteiger partial charge in [0.15, 0.2) is 11.6 Å². The molecule has 1 aromatic carbocycles. The minimum absolute atomic E-state index is 0.0165. The normalized spacial score (nSPS) is 16.4. The Morgan fingerprint density at radius 3 is 2.42 bits per heavy atom. The van der Waals surface area contributed by atoms with E-state index in [-0.39, 0.29) is 17.4 Å². The van der Waals surface area contributed by atoms with E-state index in [0.29, 0.717) is 53.3 Å². The second-order valence-corrected chi connectivity index (χ2v) is 11.5. The number of likely N-dealkylation sites (tertiary alicyclic amines) is 1. The first kappa shape index (κ1) is 27.8. The fraction of sp³-hybridized carbons (Fsp3) is 0.481. The maximum atomic E-state index is 13.7.